The number of nitrogens with zero attached hydrogens (tertiary/aromatic N) is 3. The van der Waals surface area contributed by atoms with Gasteiger partial charge in [-0.1, -0.05) is 0 Å². The van der Waals surface area contributed by atoms with Gasteiger partial charge in [0.25, 0.3) is 0 Å². The number of amides is 1. The van der Waals surface area contributed by atoms with Crippen LogP contribution in [0.1, 0.15) is 24.1 Å². The topological polar surface area (TPSA) is 85.8 Å². The van der Waals surface area contributed by atoms with Gasteiger partial charge in [-0.15, -0.1) is 5.10 Å². The summed E-state index contributed by atoms with van der Waals surface area (Å²) in [6.07, 6.45) is 1.80. The first-order valence-electron chi connectivity index (χ1n) is 9.67. The number of aryl methyl sites for hydroxylation is 1. The van der Waals surface area contributed by atoms with Crippen LogP contribution in [0.5, 0.6) is 17.2 Å². The van der Waals surface area contributed by atoms with E-state index in [0.717, 1.165) is 36.5 Å². The van der Waals surface area contributed by atoms with Crippen LogP contribution in [-0.2, 0) is 11.3 Å². The lowest BCUT2D eigenvalue weighted by Crippen LogP contribution is -2.43. The van der Waals surface area contributed by atoms with Crippen LogP contribution in [0, 0.1) is 12.8 Å². The highest BCUT2D eigenvalue weighted by molar-refractivity contribution is 5.79. The van der Waals surface area contributed by atoms with Gasteiger partial charge in [0.05, 0.1) is 32.9 Å². The molecule has 1 aromatic heterocycles. The summed E-state index contributed by atoms with van der Waals surface area (Å²) in [5, 5.41) is 11.4. The number of ether oxygens (including phenoxy) is 3. The molecule has 1 aliphatic heterocycles. The monoisotopic (exact) mass is 400 g/mol. The molecule has 1 amide bonds. The Morgan fingerprint density at radius 1 is 1.14 bits per heavy atom. The summed E-state index contributed by atoms with van der Waals surface area (Å²) in [7, 11) is 4.71. The number of piperidine rings is 1. The maximum absolute atomic E-state index is 12.8. The number of benzene rings is 1. The number of carbonyl (C=O) groups is 1. The van der Waals surface area contributed by atoms with Crippen LogP contribution in [0.4, 0.5) is 5.82 Å². The average molecular weight is 400 g/mol. The van der Waals surface area contributed by atoms with E-state index in [9.17, 15) is 4.79 Å². The number of anilines is 1. The van der Waals surface area contributed by atoms with Crippen molar-refractivity contribution in [2.45, 2.75) is 26.3 Å². The SMILES string of the molecule is COc1cc(CNC(=O)C2CCCN(c3ccc(C)nn3)C2)cc(OC)c1OC. The van der Waals surface area contributed by atoms with Crippen LogP contribution < -0.4 is 24.4 Å². The van der Waals surface area contributed by atoms with Crippen molar-refractivity contribution in [3.05, 3.63) is 35.5 Å². The number of nitrogens with one attached hydrogen (secondary N) is 1. The van der Waals surface area contributed by atoms with Gasteiger partial charge in [-0.3, -0.25) is 4.79 Å². The van der Waals surface area contributed by atoms with Crippen molar-refractivity contribution in [1.29, 1.82) is 0 Å². The molecule has 3 rings (SSSR count). The summed E-state index contributed by atoms with van der Waals surface area (Å²) < 4.78 is 16.1. The molecule has 1 N–H and O–H groups in total. The number of rotatable bonds is 7. The Balaban J connectivity index is 1.63. The van der Waals surface area contributed by atoms with Crippen molar-refractivity contribution in [3.8, 4) is 17.2 Å². The second kappa shape index (κ2) is 9.45. The van der Waals surface area contributed by atoms with Gasteiger partial charge in [0.15, 0.2) is 17.3 Å². The van der Waals surface area contributed by atoms with Crippen molar-refractivity contribution < 1.29 is 19.0 Å². The summed E-state index contributed by atoms with van der Waals surface area (Å²) in [5.74, 6) is 2.43. The van der Waals surface area contributed by atoms with Crippen LogP contribution in [0.2, 0.25) is 0 Å². The first-order chi connectivity index (χ1) is 14.0. The highest BCUT2D eigenvalue weighted by atomic mass is 16.5. The quantitative estimate of drug-likeness (QED) is 0.763. The second-order valence-corrected chi connectivity index (χ2v) is 7.07. The summed E-state index contributed by atoms with van der Waals surface area (Å²) in [6.45, 7) is 3.82. The third-order valence-corrected chi connectivity index (χ3v) is 5.09. The zero-order valence-electron chi connectivity index (χ0n) is 17.4. The number of aromatic nitrogens is 2. The van der Waals surface area contributed by atoms with Crippen LogP contribution in [-0.4, -0.2) is 50.5 Å². The molecule has 156 valence electrons. The standard InChI is InChI=1S/C21H28N4O4/c1-14-7-8-19(24-23-14)25-9-5-6-16(13-25)21(26)22-12-15-10-17(27-2)20(29-4)18(11-15)28-3/h7-8,10-11,16H,5-6,9,12-13H2,1-4H3,(H,22,26). The molecule has 29 heavy (non-hydrogen) atoms. The Morgan fingerprint density at radius 2 is 1.86 bits per heavy atom. The molecule has 2 heterocycles. The summed E-state index contributed by atoms with van der Waals surface area (Å²) >= 11 is 0. The first kappa shape index (κ1) is 20.7. The molecular weight excluding hydrogens is 372 g/mol. The molecule has 1 unspecified atom stereocenters. The molecule has 8 nitrogen and oxygen atoms in total. The lowest BCUT2D eigenvalue weighted by Gasteiger charge is -2.32. The molecule has 1 aliphatic rings. The second-order valence-electron chi connectivity index (χ2n) is 7.07. The lowest BCUT2D eigenvalue weighted by molar-refractivity contribution is -0.125. The fraction of sp³-hybridized carbons (Fsp3) is 0.476. The largest absolute Gasteiger partial charge is 0.493 e. The maximum atomic E-state index is 12.8. The Bertz CT molecular complexity index is 816. The van der Waals surface area contributed by atoms with Gasteiger partial charge in [-0.05, 0) is 49.6 Å². The normalized spacial score (nSPS) is 16.3. The summed E-state index contributed by atoms with van der Waals surface area (Å²) in [5.41, 5.74) is 1.76. The fourth-order valence-corrected chi connectivity index (χ4v) is 3.53. The van der Waals surface area contributed by atoms with Crippen molar-refractivity contribution in [3.63, 3.8) is 0 Å². The molecule has 2 aromatic rings. The Morgan fingerprint density at radius 3 is 2.45 bits per heavy atom. The highest BCUT2D eigenvalue weighted by Gasteiger charge is 2.26. The molecule has 0 aliphatic carbocycles. The van der Waals surface area contributed by atoms with Gasteiger partial charge in [0, 0.05) is 19.6 Å². The molecule has 1 aromatic carbocycles. The van der Waals surface area contributed by atoms with Crippen molar-refractivity contribution in [2.24, 2.45) is 5.92 Å². The summed E-state index contributed by atoms with van der Waals surface area (Å²) in [4.78, 5) is 14.9. The van der Waals surface area contributed by atoms with Crippen molar-refractivity contribution in [2.75, 3.05) is 39.3 Å². The first-order valence-corrected chi connectivity index (χ1v) is 9.67. The molecule has 0 radical (unpaired) electrons. The minimum absolute atomic E-state index is 0.0310. The van der Waals surface area contributed by atoms with E-state index >= 15 is 0 Å². The minimum atomic E-state index is -0.0890. The third-order valence-electron chi connectivity index (χ3n) is 5.09. The van der Waals surface area contributed by atoms with E-state index in [-0.39, 0.29) is 11.8 Å². The van der Waals surface area contributed by atoms with E-state index in [4.69, 9.17) is 14.2 Å². The number of hydrogen-bond donors (Lipinski definition) is 1. The molecule has 1 atom stereocenters. The van der Waals surface area contributed by atoms with E-state index in [1.807, 2.05) is 31.2 Å². The predicted octanol–water partition coefficient (Wildman–Crippen LogP) is 2.34. The van der Waals surface area contributed by atoms with Gasteiger partial charge >= 0.3 is 0 Å². The number of hydrogen-bond acceptors (Lipinski definition) is 7. The molecule has 0 saturated carbocycles. The van der Waals surface area contributed by atoms with E-state index in [2.05, 4.69) is 20.4 Å². The van der Waals surface area contributed by atoms with Crippen LogP contribution in [0.15, 0.2) is 24.3 Å². The van der Waals surface area contributed by atoms with E-state index in [0.29, 0.717) is 30.3 Å². The van der Waals surface area contributed by atoms with Gasteiger partial charge in [0.1, 0.15) is 0 Å². The molecule has 0 bridgehead atoms. The smallest absolute Gasteiger partial charge is 0.225 e. The Hall–Kier alpha value is -3.03. The lowest BCUT2D eigenvalue weighted by atomic mass is 9.97. The fourth-order valence-electron chi connectivity index (χ4n) is 3.53. The molecule has 1 fully saturated rings. The number of carbonyl (C=O) groups excluding carboxylic acids is 1. The zero-order valence-corrected chi connectivity index (χ0v) is 17.4. The third kappa shape index (κ3) is 4.88. The van der Waals surface area contributed by atoms with E-state index in [1.165, 1.54) is 0 Å². The predicted molar refractivity (Wildman–Crippen MR) is 110 cm³/mol. The Labute approximate surface area is 171 Å². The molecular formula is C21H28N4O4. The van der Waals surface area contributed by atoms with Gasteiger partial charge in [-0.25, -0.2) is 0 Å². The molecule has 0 spiro atoms. The Kier molecular flexibility index (Phi) is 6.74. The highest BCUT2D eigenvalue weighted by Crippen LogP contribution is 2.38. The minimum Gasteiger partial charge on any atom is -0.493 e. The van der Waals surface area contributed by atoms with E-state index < -0.39 is 0 Å². The molecule has 8 heteroatoms. The van der Waals surface area contributed by atoms with Crippen molar-refractivity contribution >= 4 is 11.7 Å². The summed E-state index contributed by atoms with van der Waals surface area (Å²) in [6, 6.07) is 7.59. The van der Waals surface area contributed by atoms with Gasteiger partial charge in [0.2, 0.25) is 11.7 Å². The van der Waals surface area contributed by atoms with Crippen LogP contribution >= 0.6 is 0 Å². The average Bonchev–Trinajstić information content (AvgIpc) is 2.77. The van der Waals surface area contributed by atoms with Gasteiger partial charge in [-0.2, -0.15) is 5.10 Å². The van der Waals surface area contributed by atoms with Crippen molar-refractivity contribution in [1.82, 2.24) is 15.5 Å². The van der Waals surface area contributed by atoms with Crippen LogP contribution in [0.25, 0.3) is 0 Å². The van der Waals surface area contributed by atoms with E-state index in [1.54, 1.807) is 21.3 Å². The number of methoxy groups -OCH3 is 3. The van der Waals surface area contributed by atoms with Gasteiger partial charge < -0.3 is 24.4 Å². The molecule has 1 saturated heterocycles. The maximum Gasteiger partial charge on any atom is 0.225 e. The zero-order chi connectivity index (χ0) is 20.8. The van der Waals surface area contributed by atoms with Crippen LogP contribution in [0.3, 0.4) is 0 Å².